The van der Waals surface area contributed by atoms with Gasteiger partial charge in [-0.2, -0.15) is 0 Å². The van der Waals surface area contributed by atoms with Crippen molar-refractivity contribution < 1.29 is 0 Å². The Labute approximate surface area is 183 Å². The number of para-hydroxylation sites is 1. The van der Waals surface area contributed by atoms with Crippen molar-refractivity contribution in [2.45, 2.75) is 36.2 Å². The van der Waals surface area contributed by atoms with Crippen LogP contribution in [0.4, 0.5) is 5.69 Å². The minimum atomic E-state index is 0.663. The largest absolute Gasteiger partial charge is 0.367 e. The Hall–Kier alpha value is -2.23. The zero-order valence-electron chi connectivity index (χ0n) is 17.3. The van der Waals surface area contributed by atoms with Crippen molar-refractivity contribution in [3.05, 3.63) is 83.9 Å². The molecule has 0 amide bonds. The lowest BCUT2D eigenvalue weighted by molar-refractivity contribution is 0.186. The lowest BCUT2D eigenvalue weighted by Gasteiger charge is -2.39. The molecule has 6 rings (SSSR count). The maximum Gasteiger partial charge on any atom is 0.0543 e. The number of benzene rings is 3. The van der Waals surface area contributed by atoms with E-state index in [1.807, 2.05) is 0 Å². The Bertz CT molecular complexity index is 1030. The van der Waals surface area contributed by atoms with Gasteiger partial charge in [0.1, 0.15) is 0 Å². The van der Waals surface area contributed by atoms with Crippen LogP contribution in [0.3, 0.4) is 0 Å². The molecule has 3 aromatic rings. The maximum absolute atomic E-state index is 2.77. The van der Waals surface area contributed by atoms with Crippen LogP contribution in [-0.2, 0) is 6.54 Å². The van der Waals surface area contributed by atoms with Gasteiger partial charge in [0, 0.05) is 43.0 Å². The lowest BCUT2D eigenvalue weighted by Crippen LogP contribution is -2.46. The summed E-state index contributed by atoms with van der Waals surface area (Å²) in [4.78, 5) is 6.96. The highest BCUT2D eigenvalue weighted by molar-refractivity contribution is 7.99. The third-order valence-corrected chi connectivity index (χ3v) is 8.18. The molecule has 3 aromatic carbocycles. The first-order chi connectivity index (χ1) is 14.9. The van der Waals surface area contributed by atoms with E-state index in [0.29, 0.717) is 12.0 Å². The van der Waals surface area contributed by atoms with Gasteiger partial charge >= 0.3 is 0 Å². The first kappa shape index (κ1) is 18.5. The van der Waals surface area contributed by atoms with E-state index in [4.69, 9.17) is 0 Å². The van der Waals surface area contributed by atoms with Crippen LogP contribution in [0.25, 0.3) is 11.1 Å². The molecule has 0 bridgehead atoms. The van der Waals surface area contributed by atoms with Gasteiger partial charge in [-0.15, -0.1) is 11.8 Å². The topological polar surface area (TPSA) is 6.48 Å². The van der Waals surface area contributed by atoms with Crippen molar-refractivity contribution in [2.24, 2.45) is 0 Å². The maximum atomic E-state index is 2.77. The number of nitrogens with zero attached hydrogens (tertiary/aromatic N) is 2. The number of rotatable bonds is 3. The molecule has 3 aliphatic heterocycles. The van der Waals surface area contributed by atoms with Crippen LogP contribution in [0.1, 0.15) is 29.9 Å². The van der Waals surface area contributed by atoms with Gasteiger partial charge in [-0.1, -0.05) is 66.7 Å². The van der Waals surface area contributed by atoms with Crippen molar-refractivity contribution in [1.82, 2.24) is 4.90 Å². The molecule has 0 aliphatic carbocycles. The Balaban J connectivity index is 1.20. The molecular weight excluding hydrogens is 384 g/mol. The summed E-state index contributed by atoms with van der Waals surface area (Å²) in [5, 5.41) is 0. The van der Waals surface area contributed by atoms with Gasteiger partial charge in [-0.25, -0.2) is 0 Å². The molecule has 0 radical (unpaired) electrons. The second-order valence-corrected chi connectivity index (χ2v) is 9.99. The van der Waals surface area contributed by atoms with E-state index in [2.05, 4.69) is 94.4 Å². The highest BCUT2D eigenvalue weighted by Gasteiger charge is 2.43. The summed E-state index contributed by atoms with van der Waals surface area (Å²) in [6, 6.07) is 27.6. The van der Waals surface area contributed by atoms with E-state index in [1.165, 1.54) is 59.8 Å². The zero-order chi connectivity index (χ0) is 19.9. The van der Waals surface area contributed by atoms with Crippen LogP contribution in [0.5, 0.6) is 0 Å². The highest BCUT2D eigenvalue weighted by atomic mass is 32.2. The average Bonchev–Trinajstić information content (AvgIpc) is 2.95. The van der Waals surface area contributed by atoms with Gasteiger partial charge in [0.05, 0.1) is 5.69 Å². The number of piperidine rings is 1. The molecule has 0 N–H and O–H groups in total. The van der Waals surface area contributed by atoms with Crippen molar-refractivity contribution in [1.29, 1.82) is 0 Å². The Morgan fingerprint density at radius 3 is 2.53 bits per heavy atom. The summed E-state index contributed by atoms with van der Waals surface area (Å²) < 4.78 is 0. The Kier molecular flexibility index (Phi) is 4.81. The van der Waals surface area contributed by atoms with Crippen molar-refractivity contribution in [3.63, 3.8) is 0 Å². The van der Waals surface area contributed by atoms with Crippen LogP contribution < -0.4 is 4.90 Å². The second kappa shape index (κ2) is 7.79. The SMILES string of the molecule is c1ccc(-c2ccc(CN3CC[C@@H]4[C@H](C3)c3cccc5c3N4CCCS5)cc2)cc1. The summed E-state index contributed by atoms with van der Waals surface area (Å²) in [5.74, 6) is 1.92. The molecule has 3 aliphatic rings. The van der Waals surface area contributed by atoms with Crippen LogP contribution in [0, 0.1) is 0 Å². The van der Waals surface area contributed by atoms with Gasteiger partial charge in [-0.3, -0.25) is 4.90 Å². The normalized spacial score (nSPS) is 23.0. The monoisotopic (exact) mass is 412 g/mol. The van der Waals surface area contributed by atoms with E-state index >= 15 is 0 Å². The van der Waals surface area contributed by atoms with E-state index < -0.39 is 0 Å². The van der Waals surface area contributed by atoms with Crippen LogP contribution in [0.2, 0.25) is 0 Å². The summed E-state index contributed by atoms with van der Waals surface area (Å²) in [7, 11) is 0. The molecule has 152 valence electrons. The first-order valence-electron chi connectivity index (χ1n) is 11.3. The quantitative estimate of drug-likeness (QED) is 0.519. The fourth-order valence-corrected chi connectivity index (χ4v) is 6.68. The van der Waals surface area contributed by atoms with E-state index in [-0.39, 0.29) is 0 Å². The van der Waals surface area contributed by atoms with E-state index in [0.717, 1.165) is 6.54 Å². The molecule has 2 atom stereocenters. The first-order valence-corrected chi connectivity index (χ1v) is 12.2. The summed E-state index contributed by atoms with van der Waals surface area (Å²) in [6.07, 6.45) is 2.59. The summed E-state index contributed by atoms with van der Waals surface area (Å²) >= 11 is 2.06. The number of hydrogen-bond donors (Lipinski definition) is 0. The molecule has 0 aromatic heterocycles. The number of anilines is 1. The molecule has 3 heteroatoms. The number of fused-ring (bicyclic) bond motifs is 3. The predicted octanol–water partition coefficient (Wildman–Crippen LogP) is 6.03. The fourth-order valence-electron chi connectivity index (χ4n) is 5.64. The summed E-state index contributed by atoms with van der Waals surface area (Å²) in [6.45, 7) is 4.68. The molecule has 0 spiro atoms. The zero-order valence-corrected chi connectivity index (χ0v) is 18.2. The molecule has 3 heterocycles. The van der Waals surface area contributed by atoms with Gasteiger partial charge in [0.25, 0.3) is 0 Å². The Morgan fingerprint density at radius 2 is 1.67 bits per heavy atom. The smallest absolute Gasteiger partial charge is 0.0543 e. The molecule has 1 fully saturated rings. The third kappa shape index (κ3) is 3.25. The van der Waals surface area contributed by atoms with Crippen molar-refractivity contribution in [2.75, 3.05) is 30.3 Å². The summed E-state index contributed by atoms with van der Waals surface area (Å²) in [5.41, 5.74) is 7.20. The average molecular weight is 413 g/mol. The van der Waals surface area contributed by atoms with Gasteiger partial charge in [0.2, 0.25) is 0 Å². The van der Waals surface area contributed by atoms with Crippen LogP contribution in [-0.4, -0.2) is 36.3 Å². The van der Waals surface area contributed by atoms with Crippen molar-refractivity contribution in [3.8, 4) is 11.1 Å². The minimum Gasteiger partial charge on any atom is -0.367 e. The fraction of sp³-hybridized carbons (Fsp3) is 0.333. The molecule has 0 unspecified atom stereocenters. The highest BCUT2D eigenvalue weighted by Crippen LogP contribution is 2.50. The minimum absolute atomic E-state index is 0.663. The standard InChI is InChI=1S/C27H28N2S/c1-2-6-21(7-3-1)22-12-10-20(11-13-22)18-28-16-14-25-24(19-28)23-8-4-9-26-27(23)29(25)15-5-17-30-26/h1-4,6-13,24-25H,5,14-19H2/t24-,25-/m1/s1. The molecule has 0 saturated carbocycles. The number of likely N-dealkylation sites (tertiary alicyclic amines) is 1. The number of thioether (sulfide) groups is 1. The molecular formula is C27H28N2S. The van der Waals surface area contributed by atoms with Crippen LogP contribution in [0.15, 0.2) is 77.7 Å². The van der Waals surface area contributed by atoms with E-state index in [9.17, 15) is 0 Å². The van der Waals surface area contributed by atoms with Gasteiger partial charge in [-0.05, 0) is 46.9 Å². The Morgan fingerprint density at radius 1 is 0.833 bits per heavy atom. The van der Waals surface area contributed by atoms with E-state index in [1.54, 1.807) is 11.3 Å². The number of hydrogen-bond acceptors (Lipinski definition) is 3. The third-order valence-electron chi connectivity index (χ3n) is 7.05. The van der Waals surface area contributed by atoms with Crippen LogP contribution >= 0.6 is 11.8 Å². The predicted molar refractivity (Wildman–Crippen MR) is 127 cm³/mol. The van der Waals surface area contributed by atoms with Crippen molar-refractivity contribution >= 4 is 17.4 Å². The molecule has 1 saturated heterocycles. The second-order valence-electron chi connectivity index (χ2n) is 8.85. The molecule has 2 nitrogen and oxygen atoms in total. The van der Waals surface area contributed by atoms with Gasteiger partial charge < -0.3 is 4.90 Å². The van der Waals surface area contributed by atoms with Gasteiger partial charge in [0.15, 0.2) is 0 Å². The lowest BCUT2D eigenvalue weighted by atomic mass is 9.89. The molecule has 30 heavy (non-hydrogen) atoms.